The van der Waals surface area contributed by atoms with Crippen molar-refractivity contribution < 1.29 is 9.53 Å². The Balaban J connectivity index is 1.32. The van der Waals surface area contributed by atoms with Crippen LogP contribution in [0.4, 0.5) is 0 Å². The SMILES string of the molecule is COc1ccc(C(=O)NCCc2ccncc2)cc1CC1CCN(CC2CCC2)C1. The first kappa shape index (κ1) is 20.9. The van der Waals surface area contributed by atoms with E-state index in [1.165, 1.54) is 50.9 Å². The van der Waals surface area contributed by atoms with E-state index in [0.29, 0.717) is 18.0 Å². The van der Waals surface area contributed by atoms with Crippen LogP contribution in [0.3, 0.4) is 0 Å². The van der Waals surface area contributed by atoms with Crippen molar-refractivity contribution in [2.75, 3.05) is 33.3 Å². The van der Waals surface area contributed by atoms with Gasteiger partial charge < -0.3 is 15.0 Å². The van der Waals surface area contributed by atoms with Crippen molar-refractivity contribution in [2.24, 2.45) is 11.8 Å². The monoisotopic (exact) mass is 407 g/mol. The molecule has 1 aromatic carbocycles. The van der Waals surface area contributed by atoms with Crippen LogP contribution in [0.5, 0.6) is 5.75 Å². The van der Waals surface area contributed by atoms with Crippen LogP contribution >= 0.6 is 0 Å². The summed E-state index contributed by atoms with van der Waals surface area (Å²) in [6.07, 6.45) is 10.8. The molecule has 1 saturated carbocycles. The summed E-state index contributed by atoms with van der Waals surface area (Å²) in [4.78, 5) is 19.3. The predicted molar refractivity (Wildman–Crippen MR) is 119 cm³/mol. The molecule has 1 aromatic heterocycles. The van der Waals surface area contributed by atoms with Crippen LogP contribution in [0.15, 0.2) is 42.7 Å². The molecule has 0 radical (unpaired) electrons. The first-order valence-corrected chi connectivity index (χ1v) is 11.3. The van der Waals surface area contributed by atoms with Gasteiger partial charge in [0.15, 0.2) is 0 Å². The van der Waals surface area contributed by atoms with Crippen LogP contribution in [0.1, 0.15) is 47.2 Å². The van der Waals surface area contributed by atoms with Crippen molar-refractivity contribution in [3.63, 3.8) is 0 Å². The number of nitrogens with zero attached hydrogens (tertiary/aromatic N) is 2. The number of methoxy groups -OCH3 is 1. The molecule has 1 aliphatic heterocycles. The van der Waals surface area contributed by atoms with Crippen molar-refractivity contribution in [3.05, 3.63) is 59.4 Å². The highest BCUT2D eigenvalue weighted by atomic mass is 16.5. The van der Waals surface area contributed by atoms with Gasteiger partial charge in [0.05, 0.1) is 7.11 Å². The molecule has 160 valence electrons. The molecule has 1 amide bonds. The smallest absolute Gasteiger partial charge is 0.251 e. The average molecular weight is 408 g/mol. The van der Waals surface area contributed by atoms with Gasteiger partial charge in [0.2, 0.25) is 0 Å². The predicted octanol–water partition coefficient (Wildman–Crippen LogP) is 3.73. The topological polar surface area (TPSA) is 54.5 Å². The number of carbonyl (C=O) groups excluding carboxylic acids is 1. The fraction of sp³-hybridized carbons (Fsp3) is 0.520. The number of benzene rings is 1. The summed E-state index contributed by atoms with van der Waals surface area (Å²) in [6, 6.07) is 9.78. The molecule has 1 atom stereocenters. The number of nitrogens with one attached hydrogen (secondary N) is 1. The van der Waals surface area contributed by atoms with E-state index in [0.717, 1.165) is 30.1 Å². The number of likely N-dealkylation sites (tertiary alicyclic amines) is 1. The molecule has 1 N–H and O–H groups in total. The summed E-state index contributed by atoms with van der Waals surface area (Å²) >= 11 is 0. The van der Waals surface area contributed by atoms with Crippen LogP contribution in [0.2, 0.25) is 0 Å². The number of hydrogen-bond acceptors (Lipinski definition) is 4. The molecule has 0 bridgehead atoms. The lowest BCUT2D eigenvalue weighted by atomic mass is 9.85. The molecule has 2 aliphatic rings. The van der Waals surface area contributed by atoms with Crippen LogP contribution in [0.25, 0.3) is 0 Å². The molecule has 4 rings (SSSR count). The maximum atomic E-state index is 12.7. The Labute approximate surface area is 179 Å². The number of aromatic nitrogens is 1. The molecule has 2 aromatic rings. The Bertz CT molecular complexity index is 836. The van der Waals surface area contributed by atoms with Gasteiger partial charge in [-0.3, -0.25) is 9.78 Å². The van der Waals surface area contributed by atoms with Crippen LogP contribution < -0.4 is 10.1 Å². The molecule has 2 fully saturated rings. The summed E-state index contributed by atoms with van der Waals surface area (Å²) in [5, 5.41) is 3.04. The maximum absolute atomic E-state index is 12.7. The third-order valence-corrected chi connectivity index (χ3v) is 6.61. The van der Waals surface area contributed by atoms with Gasteiger partial charge in [0.25, 0.3) is 5.91 Å². The second-order valence-corrected chi connectivity index (χ2v) is 8.80. The second kappa shape index (κ2) is 10.1. The standard InChI is InChI=1S/C25H33N3O2/c1-30-24-6-5-22(25(29)27-13-9-19-7-11-26-12-8-19)16-23(24)15-21-10-14-28(18-21)17-20-3-2-4-20/h5-8,11-12,16,20-21H,2-4,9-10,13-15,17-18H2,1H3,(H,27,29). The zero-order chi connectivity index (χ0) is 20.8. The lowest BCUT2D eigenvalue weighted by Crippen LogP contribution is -2.31. The zero-order valence-electron chi connectivity index (χ0n) is 18.0. The van der Waals surface area contributed by atoms with Crippen molar-refractivity contribution in [1.29, 1.82) is 0 Å². The van der Waals surface area contributed by atoms with Crippen molar-refractivity contribution in [1.82, 2.24) is 15.2 Å². The minimum atomic E-state index is -0.0222. The minimum Gasteiger partial charge on any atom is -0.496 e. The first-order valence-electron chi connectivity index (χ1n) is 11.3. The number of hydrogen-bond donors (Lipinski definition) is 1. The van der Waals surface area contributed by atoms with Gasteiger partial charge in [-0.25, -0.2) is 0 Å². The Kier molecular flexibility index (Phi) is 7.00. The molecular weight excluding hydrogens is 374 g/mol. The largest absolute Gasteiger partial charge is 0.496 e. The van der Waals surface area contributed by atoms with Gasteiger partial charge in [0.1, 0.15) is 5.75 Å². The van der Waals surface area contributed by atoms with E-state index in [2.05, 4.69) is 15.2 Å². The lowest BCUT2D eigenvalue weighted by molar-refractivity contribution is 0.0954. The number of rotatable bonds is 9. The zero-order valence-corrected chi connectivity index (χ0v) is 18.0. The molecule has 5 heteroatoms. The third kappa shape index (κ3) is 5.39. The van der Waals surface area contributed by atoms with Gasteiger partial charge in [-0.15, -0.1) is 0 Å². The van der Waals surface area contributed by atoms with Gasteiger partial charge in [-0.2, -0.15) is 0 Å². The van der Waals surface area contributed by atoms with Crippen molar-refractivity contribution in [2.45, 2.75) is 38.5 Å². The Hall–Kier alpha value is -2.40. The second-order valence-electron chi connectivity index (χ2n) is 8.80. The lowest BCUT2D eigenvalue weighted by Gasteiger charge is -2.30. The van der Waals surface area contributed by atoms with E-state index in [9.17, 15) is 4.79 Å². The summed E-state index contributed by atoms with van der Waals surface area (Å²) in [5.41, 5.74) is 3.04. The molecule has 0 spiro atoms. The quantitative estimate of drug-likeness (QED) is 0.688. The van der Waals surface area contributed by atoms with Gasteiger partial charge in [0, 0.05) is 37.6 Å². The number of carbonyl (C=O) groups is 1. The molecule has 1 aliphatic carbocycles. The Morgan fingerprint density at radius 2 is 2.00 bits per heavy atom. The highest BCUT2D eigenvalue weighted by Gasteiger charge is 2.27. The van der Waals surface area contributed by atoms with E-state index in [1.807, 2.05) is 30.3 Å². The maximum Gasteiger partial charge on any atom is 0.251 e. The molecule has 1 saturated heterocycles. The Morgan fingerprint density at radius 3 is 2.73 bits per heavy atom. The van der Waals surface area contributed by atoms with Gasteiger partial charge in [-0.05, 0) is 91.9 Å². The first-order chi connectivity index (χ1) is 14.7. The van der Waals surface area contributed by atoms with Gasteiger partial charge in [-0.1, -0.05) is 6.42 Å². The number of amides is 1. The molecule has 30 heavy (non-hydrogen) atoms. The normalized spacial score (nSPS) is 19.4. The molecular formula is C25H33N3O2. The minimum absolute atomic E-state index is 0.0222. The molecule has 2 heterocycles. The summed E-state index contributed by atoms with van der Waals surface area (Å²) < 4.78 is 5.60. The van der Waals surface area contributed by atoms with E-state index in [1.54, 1.807) is 19.5 Å². The van der Waals surface area contributed by atoms with E-state index in [4.69, 9.17) is 4.74 Å². The summed E-state index contributed by atoms with van der Waals surface area (Å²) in [7, 11) is 1.71. The fourth-order valence-corrected chi connectivity index (χ4v) is 4.65. The highest BCUT2D eigenvalue weighted by Crippen LogP contribution is 2.31. The van der Waals surface area contributed by atoms with E-state index in [-0.39, 0.29) is 5.91 Å². The van der Waals surface area contributed by atoms with Crippen molar-refractivity contribution in [3.8, 4) is 5.75 Å². The summed E-state index contributed by atoms with van der Waals surface area (Å²) in [6.45, 7) is 4.26. The fourth-order valence-electron chi connectivity index (χ4n) is 4.65. The third-order valence-electron chi connectivity index (χ3n) is 6.61. The Morgan fingerprint density at radius 1 is 1.17 bits per heavy atom. The molecule has 1 unspecified atom stereocenters. The van der Waals surface area contributed by atoms with Gasteiger partial charge >= 0.3 is 0 Å². The van der Waals surface area contributed by atoms with Crippen molar-refractivity contribution >= 4 is 5.91 Å². The van der Waals surface area contributed by atoms with E-state index >= 15 is 0 Å². The highest BCUT2D eigenvalue weighted by molar-refractivity contribution is 5.94. The van der Waals surface area contributed by atoms with E-state index < -0.39 is 0 Å². The average Bonchev–Trinajstić information content (AvgIpc) is 3.18. The summed E-state index contributed by atoms with van der Waals surface area (Å²) in [5.74, 6) is 2.44. The molecule has 5 nitrogen and oxygen atoms in total. The van der Waals surface area contributed by atoms with Crippen LogP contribution in [-0.2, 0) is 12.8 Å². The van der Waals surface area contributed by atoms with Crippen LogP contribution in [-0.4, -0.2) is 49.1 Å². The number of ether oxygens (including phenoxy) is 1. The van der Waals surface area contributed by atoms with Crippen LogP contribution in [0, 0.1) is 11.8 Å². The number of pyridine rings is 1.